The van der Waals surface area contributed by atoms with Gasteiger partial charge in [-0.15, -0.1) is 11.3 Å². The summed E-state index contributed by atoms with van der Waals surface area (Å²) in [5, 5.41) is 2.42. The number of carbonyl (C=O) groups is 2. The molecule has 0 fully saturated rings. The minimum Gasteiger partial charge on any atom is -0.459 e. The van der Waals surface area contributed by atoms with Crippen molar-refractivity contribution in [1.29, 1.82) is 0 Å². The average molecular weight is 298 g/mol. The molecule has 2 rings (SSSR count). The van der Waals surface area contributed by atoms with E-state index in [0.717, 1.165) is 11.2 Å². The Bertz CT molecular complexity index is 610. The fourth-order valence-electron chi connectivity index (χ4n) is 1.50. The molecule has 0 saturated heterocycles. The number of ether oxygens (including phenoxy) is 1. The smallest absolute Gasteiger partial charge is 0.316 e. The second-order valence-corrected chi connectivity index (χ2v) is 6.69. The predicted octanol–water partition coefficient (Wildman–Crippen LogP) is 2.64. The van der Waals surface area contributed by atoms with Crippen LogP contribution >= 0.6 is 23.1 Å². The zero-order valence-electron chi connectivity index (χ0n) is 10.9. The Morgan fingerprint density at radius 3 is 2.95 bits per heavy atom. The van der Waals surface area contributed by atoms with Crippen LogP contribution in [0, 0.1) is 0 Å². The van der Waals surface area contributed by atoms with E-state index >= 15 is 0 Å². The first kappa shape index (κ1) is 14.1. The van der Waals surface area contributed by atoms with Gasteiger partial charge in [0, 0.05) is 11.6 Å². The molecule has 0 aliphatic rings. The van der Waals surface area contributed by atoms with Crippen LogP contribution in [0.4, 0.5) is 0 Å². The van der Waals surface area contributed by atoms with Gasteiger partial charge in [-0.05, 0) is 20.8 Å². The molecule has 2 aromatic heterocycles. The molecule has 0 aliphatic heterocycles. The van der Waals surface area contributed by atoms with Crippen LogP contribution in [0.3, 0.4) is 0 Å². The molecule has 19 heavy (non-hydrogen) atoms. The number of nitrogens with zero attached hydrogens (tertiary/aromatic N) is 2. The second kappa shape index (κ2) is 5.34. The van der Waals surface area contributed by atoms with Crippen LogP contribution in [0.2, 0.25) is 0 Å². The maximum Gasteiger partial charge on any atom is 0.316 e. The third-order valence-corrected chi connectivity index (χ3v) is 3.83. The summed E-state index contributed by atoms with van der Waals surface area (Å²) in [6.07, 6.45) is 2.54. The van der Waals surface area contributed by atoms with E-state index in [4.69, 9.17) is 4.74 Å². The Hall–Kier alpha value is -1.34. The van der Waals surface area contributed by atoms with Gasteiger partial charge in [-0.1, -0.05) is 11.8 Å². The first-order chi connectivity index (χ1) is 8.90. The Morgan fingerprint density at radius 2 is 2.32 bits per heavy atom. The number of imidazole rings is 1. The van der Waals surface area contributed by atoms with Gasteiger partial charge in [0.2, 0.25) is 0 Å². The number of thioether (sulfide) groups is 1. The van der Waals surface area contributed by atoms with E-state index in [1.54, 1.807) is 10.6 Å². The summed E-state index contributed by atoms with van der Waals surface area (Å²) in [7, 11) is 0. The van der Waals surface area contributed by atoms with Crippen LogP contribution in [-0.2, 0) is 9.53 Å². The highest BCUT2D eigenvalue weighted by molar-refractivity contribution is 8.00. The summed E-state index contributed by atoms with van der Waals surface area (Å²) in [5.74, 6) is -0.172. The van der Waals surface area contributed by atoms with E-state index in [-0.39, 0.29) is 11.7 Å². The number of hydrogen-bond donors (Lipinski definition) is 0. The molecular weight excluding hydrogens is 284 g/mol. The Morgan fingerprint density at radius 1 is 1.58 bits per heavy atom. The van der Waals surface area contributed by atoms with Gasteiger partial charge in [-0.3, -0.25) is 14.0 Å². The highest BCUT2D eigenvalue weighted by atomic mass is 32.2. The third kappa shape index (κ3) is 3.36. The van der Waals surface area contributed by atoms with Crippen molar-refractivity contribution < 1.29 is 14.3 Å². The molecular formula is C12H14N2O3S2. The lowest BCUT2D eigenvalue weighted by molar-refractivity contribution is -0.151. The van der Waals surface area contributed by atoms with E-state index < -0.39 is 5.60 Å². The first-order valence-corrected chi connectivity index (χ1v) is 7.52. The van der Waals surface area contributed by atoms with Gasteiger partial charge in [0.1, 0.15) is 16.3 Å². The molecule has 0 amide bonds. The van der Waals surface area contributed by atoms with Gasteiger partial charge in [0.15, 0.2) is 11.2 Å². The fraction of sp³-hybridized carbons (Fsp3) is 0.417. The minimum atomic E-state index is -0.500. The van der Waals surface area contributed by atoms with Gasteiger partial charge < -0.3 is 4.74 Å². The quantitative estimate of drug-likeness (QED) is 0.493. The number of carbonyl (C=O) groups excluding carboxylic acids is 2. The molecule has 0 aliphatic carbocycles. The molecule has 102 valence electrons. The number of rotatable bonds is 4. The van der Waals surface area contributed by atoms with Crippen molar-refractivity contribution in [2.24, 2.45) is 0 Å². The Balaban J connectivity index is 2.07. The second-order valence-electron chi connectivity index (χ2n) is 4.85. The monoisotopic (exact) mass is 298 g/mol. The van der Waals surface area contributed by atoms with E-state index in [1.165, 1.54) is 23.1 Å². The molecule has 0 saturated carbocycles. The summed E-state index contributed by atoms with van der Waals surface area (Å²) >= 11 is 2.67. The van der Waals surface area contributed by atoms with Crippen LogP contribution in [0.15, 0.2) is 16.6 Å². The van der Waals surface area contributed by atoms with Crippen molar-refractivity contribution >= 4 is 40.3 Å². The largest absolute Gasteiger partial charge is 0.459 e. The molecule has 0 N–H and O–H groups in total. The number of hydrogen-bond acceptors (Lipinski definition) is 6. The molecule has 0 radical (unpaired) electrons. The van der Waals surface area contributed by atoms with Crippen molar-refractivity contribution in [3.63, 3.8) is 0 Å². The molecule has 0 spiro atoms. The zero-order valence-corrected chi connectivity index (χ0v) is 12.5. The topological polar surface area (TPSA) is 60.7 Å². The average Bonchev–Trinajstić information content (AvgIpc) is 2.82. The van der Waals surface area contributed by atoms with E-state index in [2.05, 4.69) is 4.98 Å². The molecule has 0 bridgehead atoms. The van der Waals surface area contributed by atoms with Gasteiger partial charge in [-0.25, -0.2) is 4.98 Å². The van der Waals surface area contributed by atoms with E-state index in [9.17, 15) is 9.59 Å². The van der Waals surface area contributed by atoms with Crippen LogP contribution in [0.1, 0.15) is 31.3 Å². The fourth-order valence-corrected chi connectivity index (χ4v) is 3.03. The summed E-state index contributed by atoms with van der Waals surface area (Å²) in [6, 6.07) is 0. The maximum absolute atomic E-state index is 11.6. The lowest BCUT2D eigenvalue weighted by Gasteiger charge is -2.19. The first-order valence-electron chi connectivity index (χ1n) is 5.66. The van der Waals surface area contributed by atoms with Gasteiger partial charge in [0.05, 0.1) is 5.75 Å². The summed E-state index contributed by atoms with van der Waals surface area (Å²) in [4.78, 5) is 27.8. The summed E-state index contributed by atoms with van der Waals surface area (Å²) < 4.78 is 6.93. The maximum atomic E-state index is 11.6. The van der Waals surface area contributed by atoms with Crippen molar-refractivity contribution in [3.05, 3.63) is 17.3 Å². The van der Waals surface area contributed by atoms with Crippen molar-refractivity contribution in [3.8, 4) is 0 Å². The summed E-state index contributed by atoms with van der Waals surface area (Å²) in [6.45, 7) is 5.46. The van der Waals surface area contributed by atoms with E-state index in [1.807, 2.05) is 26.2 Å². The van der Waals surface area contributed by atoms with Crippen LogP contribution in [0.25, 0.3) is 4.96 Å². The summed E-state index contributed by atoms with van der Waals surface area (Å²) in [5.41, 5.74) is -0.0236. The molecule has 0 unspecified atom stereocenters. The number of fused-ring (bicyclic) bond motifs is 1. The van der Waals surface area contributed by atoms with Crippen molar-refractivity contribution in [2.75, 3.05) is 5.75 Å². The Kier molecular flexibility index (Phi) is 3.96. The third-order valence-electron chi connectivity index (χ3n) is 2.12. The highest BCUT2D eigenvalue weighted by Gasteiger charge is 2.19. The molecule has 7 heteroatoms. The molecule has 5 nitrogen and oxygen atoms in total. The van der Waals surface area contributed by atoms with Crippen LogP contribution in [0.5, 0.6) is 0 Å². The minimum absolute atomic E-state index is 0.142. The molecule has 0 atom stereocenters. The van der Waals surface area contributed by atoms with Crippen molar-refractivity contribution in [1.82, 2.24) is 9.38 Å². The lowest BCUT2D eigenvalue weighted by atomic mass is 10.2. The number of aldehydes is 1. The van der Waals surface area contributed by atoms with Crippen LogP contribution < -0.4 is 0 Å². The number of esters is 1. The van der Waals surface area contributed by atoms with Gasteiger partial charge >= 0.3 is 5.97 Å². The van der Waals surface area contributed by atoms with Crippen LogP contribution in [-0.4, -0.2) is 33.0 Å². The van der Waals surface area contributed by atoms with E-state index in [0.29, 0.717) is 10.7 Å². The number of thiazole rings is 1. The standard InChI is InChI=1S/C12H14N2O3S2/c1-12(2,3)17-9(16)7-19-10-8(6-15)14-4-5-18-11(14)13-10/h4-6H,7H2,1-3H3. The molecule has 2 heterocycles. The predicted molar refractivity (Wildman–Crippen MR) is 75.0 cm³/mol. The highest BCUT2D eigenvalue weighted by Crippen LogP contribution is 2.25. The normalized spacial score (nSPS) is 11.7. The van der Waals surface area contributed by atoms with Crippen molar-refractivity contribution in [2.45, 2.75) is 31.4 Å². The van der Waals surface area contributed by atoms with Gasteiger partial charge in [-0.2, -0.15) is 0 Å². The SMILES string of the molecule is CC(C)(C)OC(=O)CSc1nc2sccn2c1C=O. The molecule has 2 aromatic rings. The van der Waals surface area contributed by atoms with Gasteiger partial charge in [0.25, 0.3) is 0 Å². The molecule has 0 aromatic carbocycles. The Labute approximate surface area is 119 Å². The lowest BCUT2D eigenvalue weighted by Crippen LogP contribution is -2.24. The zero-order chi connectivity index (χ0) is 14.0. The number of aromatic nitrogens is 2.